The highest BCUT2D eigenvalue weighted by atomic mass is 14.9. The Bertz CT molecular complexity index is 519. The number of amidine groups is 4. The fourth-order valence-electron chi connectivity index (χ4n) is 1.55. The van der Waals surface area contributed by atoms with Gasteiger partial charge in [-0.2, -0.15) is 0 Å². The number of nitrogens with two attached hydrogens (primary N) is 4. The van der Waals surface area contributed by atoms with Gasteiger partial charge in [0.1, 0.15) is 23.3 Å². The van der Waals surface area contributed by atoms with E-state index < -0.39 is 0 Å². The molecule has 24 heavy (non-hydrogen) atoms. The van der Waals surface area contributed by atoms with Gasteiger partial charge in [-0.3, -0.25) is 20.0 Å². The lowest BCUT2D eigenvalue weighted by Gasteiger charge is -2.09. The molecule has 0 amide bonds. The zero-order chi connectivity index (χ0) is 18.7. The van der Waals surface area contributed by atoms with Gasteiger partial charge in [0.05, 0.1) is 11.1 Å². The standard InChI is InChI=1S/C16H30N8/c1-6-21-13(17)11(4)15(19)23-8-10(3)9-24-16(20)12(5)14(18)22-7-2/h10H,4-9H2,1-3H3,(H2,17,21)(H2,18,22)(H2,19,23)(H2,20,24). The minimum Gasteiger partial charge on any atom is -0.383 e. The van der Waals surface area contributed by atoms with Crippen molar-refractivity contribution in [2.24, 2.45) is 48.8 Å². The van der Waals surface area contributed by atoms with Crippen LogP contribution in [-0.2, 0) is 0 Å². The van der Waals surface area contributed by atoms with Crippen LogP contribution >= 0.6 is 0 Å². The molecule has 0 bridgehead atoms. The van der Waals surface area contributed by atoms with Crippen molar-refractivity contribution < 1.29 is 0 Å². The predicted molar refractivity (Wildman–Crippen MR) is 105 cm³/mol. The lowest BCUT2D eigenvalue weighted by atomic mass is 10.2. The van der Waals surface area contributed by atoms with Gasteiger partial charge < -0.3 is 22.9 Å². The monoisotopic (exact) mass is 334 g/mol. The smallest absolute Gasteiger partial charge is 0.128 e. The molecule has 0 aliphatic heterocycles. The molecule has 0 radical (unpaired) electrons. The van der Waals surface area contributed by atoms with Crippen molar-refractivity contribution >= 4 is 23.3 Å². The van der Waals surface area contributed by atoms with E-state index in [0.717, 1.165) is 0 Å². The third kappa shape index (κ3) is 7.57. The summed E-state index contributed by atoms with van der Waals surface area (Å²) in [5.74, 6) is 1.28. The third-order valence-electron chi connectivity index (χ3n) is 3.04. The van der Waals surface area contributed by atoms with E-state index in [1.807, 2.05) is 20.8 Å². The number of aliphatic imine (C=N–C) groups is 4. The summed E-state index contributed by atoms with van der Waals surface area (Å²) in [6.45, 7) is 15.4. The van der Waals surface area contributed by atoms with Gasteiger partial charge in [0.25, 0.3) is 0 Å². The number of hydrogen-bond acceptors (Lipinski definition) is 4. The molecular weight excluding hydrogens is 304 g/mol. The highest BCUT2D eigenvalue weighted by Gasteiger charge is 2.08. The number of hydrogen-bond donors (Lipinski definition) is 4. The van der Waals surface area contributed by atoms with Crippen LogP contribution in [0.3, 0.4) is 0 Å². The fraction of sp³-hybridized carbons (Fsp3) is 0.500. The molecule has 0 unspecified atom stereocenters. The van der Waals surface area contributed by atoms with Crippen LogP contribution in [-0.4, -0.2) is 49.5 Å². The van der Waals surface area contributed by atoms with E-state index in [4.69, 9.17) is 22.9 Å². The molecular formula is C16H30N8. The molecule has 0 rings (SSSR count). The second kappa shape index (κ2) is 11.0. The normalized spacial score (nSPS) is 15.3. The summed E-state index contributed by atoms with van der Waals surface area (Å²) < 4.78 is 0. The molecule has 0 aromatic carbocycles. The Kier molecular flexibility index (Phi) is 9.77. The van der Waals surface area contributed by atoms with Crippen molar-refractivity contribution in [2.45, 2.75) is 20.8 Å². The van der Waals surface area contributed by atoms with Crippen LogP contribution in [0.5, 0.6) is 0 Å². The maximum absolute atomic E-state index is 5.86. The summed E-state index contributed by atoms with van der Waals surface area (Å²) in [7, 11) is 0. The molecule has 0 aromatic heterocycles. The second-order valence-electron chi connectivity index (χ2n) is 5.23. The first-order chi connectivity index (χ1) is 11.2. The van der Waals surface area contributed by atoms with Crippen LogP contribution in [0.25, 0.3) is 0 Å². The van der Waals surface area contributed by atoms with Gasteiger partial charge in [-0.25, -0.2) is 0 Å². The summed E-state index contributed by atoms with van der Waals surface area (Å²) in [5.41, 5.74) is 24.1. The first-order valence-electron chi connectivity index (χ1n) is 7.83. The predicted octanol–water partition coefficient (Wildman–Crippen LogP) is 0.204. The summed E-state index contributed by atoms with van der Waals surface area (Å²) >= 11 is 0. The molecule has 0 heterocycles. The third-order valence-corrected chi connectivity index (χ3v) is 3.04. The average Bonchev–Trinajstić information content (AvgIpc) is 2.56. The minimum atomic E-state index is 0.122. The van der Waals surface area contributed by atoms with Crippen LogP contribution < -0.4 is 22.9 Å². The van der Waals surface area contributed by atoms with E-state index in [1.165, 1.54) is 0 Å². The van der Waals surface area contributed by atoms with Gasteiger partial charge in [0.2, 0.25) is 0 Å². The molecule has 0 spiro atoms. The lowest BCUT2D eigenvalue weighted by molar-refractivity contribution is 0.611. The number of rotatable bonds is 10. The van der Waals surface area contributed by atoms with Crippen molar-refractivity contribution in [1.29, 1.82) is 0 Å². The van der Waals surface area contributed by atoms with Gasteiger partial charge >= 0.3 is 0 Å². The van der Waals surface area contributed by atoms with Crippen molar-refractivity contribution in [3.63, 3.8) is 0 Å². The molecule has 0 saturated heterocycles. The van der Waals surface area contributed by atoms with Crippen molar-refractivity contribution in [3.05, 3.63) is 24.3 Å². The molecule has 134 valence electrons. The Balaban J connectivity index is 4.67. The second-order valence-corrected chi connectivity index (χ2v) is 5.23. The molecule has 0 aromatic rings. The quantitative estimate of drug-likeness (QED) is 0.333. The Morgan fingerprint density at radius 2 is 1.00 bits per heavy atom. The maximum atomic E-state index is 5.86. The average molecular weight is 334 g/mol. The van der Waals surface area contributed by atoms with Gasteiger partial charge in [0, 0.05) is 26.2 Å². The molecule has 0 fully saturated rings. The SMILES string of the molecule is C=C(C(N)=NCC)C(N)=NCC(C)CN=C(N)C(=C)C(N)=NCC. The topological polar surface area (TPSA) is 154 Å². The molecule has 8 nitrogen and oxygen atoms in total. The van der Waals surface area contributed by atoms with E-state index in [-0.39, 0.29) is 17.6 Å². The first-order valence-corrected chi connectivity index (χ1v) is 7.83. The Labute approximate surface area is 144 Å². The molecule has 0 atom stereocenters. The van der Waals surface area contributed by atoms with Crippen LogP contribution in [0.1, 0.15) is 20.8 Å². The molecule has 0 aliphatic rings. The summed E-state index contributed by atoms with van der Waals surface area (Å²) in [6.07, 6.45) is 0. The van der Waals surface area contributed by atoms with Crippen LogP contribution in [0.15, 0.2) is 44.3 Å². The minimum absolute atomic E-state index is 0.122. The summed E-state index contributed by atoms with van der Waals surface area (Å²) in [5, 5.41) is 0. The first kappa shape index (κ1) is 21.4. The van der Waals surface area contributed by atoms with E-state index in [2.05, 4.69) is 33.1 Å². The van der Waals surface area contributed by atoms with Gasteiger partial charge in [0.15, 0.2) is 0 Å². The van der Waals surface area contributed by atoms with Gasteiger partial charge in [-0.15, -0.1) is 0 Å². The van der Waals surface area contributed by atoms with E-state index in [0.29, 0.717) is 49.0 Å². The Hall–Kier alpha value is -2.64. The summed E-state index contributed by atoms with van der Waals surface area (Å²) in [4.78, 5) is 16.6. The summed E-state index contributed by atoms with van der Waals surface area (Å²) in [6, 6.07) is 0. The van der Waals surface area contributed by atoms with Crippen LogP contribution in [0.2, 0.25) is 0 Å². The van der Waals surface area contributed by atoms with Crippen LogP contribution in [0, 0.1) is 5.92 Å². The Morgan fingerprint density at radius 3 is 1.29 bits per heavy atom. The highest BCUT2D eigenvalue weighted by Crippen LogP contribution is 2.01. The largest absolute Gasteiger partial charge is 0.383 e. The molecule has 0 saturated carbocycles. The van der Waals surface area contributed by atoms with Crippen molar-refractivity contribution in [1.82, 2.24) is 0 Å². The van der Waals surface area contributed by atoms with Gasteiger partial charge in [-0.1, -0.05) is 20.1 Å². The Morgan fingerprint density at radius 1 is 0.708 bits per heavy atom. The van der Waals surface area contributed by atoms with E-state index >= 15 is 0 Å². The van der Waals surface area contributed by atoms with Gasteiger partial charge in [-0.05, 0) is 19.8 Å². The van der Waals surface area contributed by atoms with E-state index in [1.54, 1.807) is 0 Å². The maximum Gasteiger partial charge on any atom is 0.128 e. The zero-order valence-electron chi connectivity index (χ0n) is 14.9. The van der Waals surface area contributed by atoms with Crippen molar-refractivity contribution in [3.8, 4) is 0 Å². The fourth-order valence-corrected chi connectivity index (χ4v) is 1.55. The van der Waals surface area contributed by atoms with Crippen molar-refractivity contribution in [2.75, 3.05) is 26.2 Å². The van der Waals surface area contributed by atoms with E-state index in [9.17, 15) is 0 Å². The van der Waals surface area contributed by atoms with Crippen LogP contribution in [0.4, 0.5) is 0 Å². The molecule has 8 heteroatoms. The molecule has 0 aliphatic carbocycles. The number of nitrogens with zero attached hydrogens (tertiary/aromatic N) is 4. The lowest BCUT2D eigenvalue weighted by Crippen LogP contribution is -2.28. The zero-order valence-corrected chi connectivity index (χ0v) is 14.9. The molecule has 8 N–H and O–H groups in total. The highest BCUT2D eigenvalue weighted by molar-refractivity contribution is 6.21.